The van der Waals surface area contributed by atoms with Gasteiger partial charge in [0.25, 0.3) is 5.91 Å². The third-order valence-electron chi connectivity index (χ3n) is 1.77. The van der Waals surface area contributed by atoms with E-state index in [-0.39, 0.29) is 16.9 Å². The van der Waals surface area contributed by atoms with Gasteiger partial charge in [0, 0.05) is 12.4 Å². The maximum Gasteiger partial charge on any atom is 0.287 e. The molecule has 15 heavy (non-hydrogen) atoms. The number of furan rings is 1. The van der Waals surface area contributed by atoms with Crippen LogP contribution in [0.5, 0.6) is 0 Å². The Hall–Kier alpha value is -1.75. The molecule has 0 saturated carbocycles. The van der Waals surface area contributed by atoms with Crippen LogP contribution in [0.2, 0.25) is 5.22 Å². The van der Waals surface area contributed by atoms with Crippen LogP contribution in [0.1, 0.15) is 16.4 Å². The van der Waals surface area contributed by atoms with E-state index in [1.54, 1.807) is 12.4 Å². The molecule has 2 heterocycles. The lowest BCUT2D eigenvalue weighted by atomic mass is 10.4. The smallest absolute Gasteiger partial charge is 0.287 e. The van der Waals surface area contributed by atoms with Crippen LogP contribution in [0.15, 0.2) is 28.9 Å². The van der Waals surface area contributed by atoms with Gasteiger partial charge < -0.3 is 14.7 Å². The SMILES string of the molecule is O=C(NCc1ncc[nH]1)c1ccc(Cl)o1. The Morgan fingerprint density at radius 2 is 2.47 bits per heavy atom. The van der Waals surface area contributed by atoms with Gasteiger partial charge in [-0.05, 0) is 23.7 Å². The zero-order valence-corrected chi connectivity index (χ0v) is 8.41. The van der Waals surface area contributed by atoms with Gasteiger partial charge >= 0.3 is 0 Å². The summed E-state index contributed by atoms with van der Waals surface area (Å²) in [5.74, 6) is 0.547. The van der Waals surface area contributed by atoms with Gasteiger partial charge in [-0.1, -0.05) is 0 Å². The van der Waals surface area contributed by atoms with E-state index in [9.17, 15) is 4.79 Å². The molecule has 78 valence electrons. The largest absolute Gasteiger partial charge is 0.440 e. The number of nitrogens with zero attached hydrogens (tertiary/aromatic N) is 1. The predicted octanol–water partition coefficient (Wildman–Crippen LogP) is 1.59. The van der Waals surface area contributed by atoms with E-state index in [1.807, 2.05) is 0 Å². The Kier molecular flexibility index (Phi) is 2.73. The zero-order chi connectivity index (χ0) is 10.7. The second-order valence-electron chi connectivity index (χ2n) is 2.82. The van der Waals surface area contributed by atoms with Crippen LogP contribution in [0.25, 0.3) is 0 Å². The number of carbonyl (C=O) groups is 1. The summed E-state index contributed by atoms with van der Waals surface area (Å²) in [4.78, 5) is 18.3. The number of imidazole rings is 1. The van der Waals surface area contributed by atoms with E-state index in [0.717, 1.165) is 0 Å². The summed E-state index contributed by atoms with van der Waals surface area (Å²) in [5, 5.41) is 2.82. The lowest BCUT2D eigenvalue weighted by Gasteiger charge is -1.99. The Balaban J connectivity index is 1.93. The highest BCUT2D eigenvalue weighted by atomic mass is 35.5. The third kappa shape index (κ3) is 2.38. The zero-order valence-electron chi connectivity index (χ0n) is 7.66. The first-order valence-corrected chi connectivity index (χ1v) is 4.65. The molecular weight excluding hydrogens is 218 g/mol. The molecule has 1 amide bonds. The van der Waals surface area contributed by atoms with Crippen LogP contribution < -0.4 is 5.32 Å². The van der Waals surface area contributed by atoms with Crippen molar-refractivity contribution in [3.63, 3.8) is 0 Å². The minimum atomic E-state index is -0.321. The van der Waals surface area contributed by atoms with Crippen molar-refractivity contribution in [2.45, 2.75) is 6.54 Å². The van der Waals surface area contributed by atoms with Gasteiger partial charge in [0.05, 0.1) is 6.54 Å². The molecule has 2 N–H and O–H groups in total. The standard InChI is InChI=1S/C9H8ClN3O2/c10-7-2-1-6(15-7)9(14)13-5-8-11-3-4-12-8/h1-4H,5H2,(H,11,12)(H,13,14). The molecule has 2 aromatic heterocycles. The van der Waals surface area contributed by atoms with Crippen LogP contribution in [0.3, 0.4) is 0 Å². The Labute approximate surface area is 90.5 Å². The summed E-state index contributed by atoms with van der Waals surface area (Å²) in [7, 11) is 0. The van der Waals surface area contributed by atoms with E-state index in [4.69, 9.17) is 16.0 Å². The first-order valence-electron chi connectivity index (χ1n) is 4.27. The van der Waals surface area contributed by atoms with Crippen LogP contribution in [0, 0.1) is 0 Å². The topological polar surface area (TPSA) is 70.9 Å². The summed E-state index contributed by atoms with van der Waals surface area (Å²) in [6, 6.07) is 3.03. The molecule has 2 rings (SSSR count). The van der Waals surface area contributed by atoms with E-state index in [0.29, 0.717) is 12.4 Å². The number of hydrogen-bond donors (Lipinski definition) is 2. The number of rotatable bonds is 3. The van der Waals surface area contributed by atoms with Crippen molar-refractivity contribution in [2.24, 2.45) is 0 Å². The van der Waals surface area contributed by atoms with Gasteiger partial charge in [0.15, 0.2) is 11.0 Å². The number of hydrogen-bond acceptors (Lipinski definition) is 3. The maximum absolute atomic E-state index is 11.4. The minimum absolute atomic E-state index is 0.187. The van der Waals surface area contributed by atoms with Crippen molar-refractivity contribution in [3.05, 3.63) is 41.3 Å². The summed E-state index contributed by atoms with van der Waals surface area (Å²) < 4.78 is 4.94. The molecule has 0 unspecified atom stereocenters. The average Bonchev–Trinajstić information content (AvgIpc) is 2.84. The fourth-order valence-corrected chi connectivity index (χ4v) is 1.23. The second-order valence-corrected chi connectivity index (χ2v) is 3.19. The number of aromatic amines is 1. The Morgan fingerprint density at radius 1 is 1.60 bits per heavy atom. The minimum Gasteiger partial charge on any atom is -0.440 e. The molecule has 0 aliphatic heterocycles. The quantitative estimate of drug-likeness (QED) is 0.833. The van der Waals surface area contributed by atoms with Crippen LogP contribution in [0.4, 0.5) is 0 Å². The molecule has 0 fully saturated rings. The maximum atomic E-state index is 11.4. The van der Waals surface area contributed by atoms with Crippen molar-refractivity contribution in [3.8, 4) is 0 Å². The highest BCUT2D eigenvalue weighted by Crippen LogP contribution is 2.12. The molecule has 5 nitrogen and oxygen atoms in total. The molecule has 0 radical (unpaired) electrons. The molecule has 0 atom stereocenters. The highest BCUT2D eigenvalue weighted by molar-refractivity contribution is 6.29. The van der Waals surface area contributed by atoms with Crippen molar-refractivity contribution in [2.75, 3.05) is 0 Å². The Bertz CT molecular complexity index is 450. The van der Waals surface area contributed by atoms with Gasteiger partial charge in [-0.15, -0.1) is 0 Å². The molecule has 0 aliphatic rings. The van der Waals surface area contributed by atoms with Crippen molar-refractivity contribution < 1.29 is 9.21 Å². The summed E-state index contributed by atoms with van der Waals surface area (Å²) in [6.07, 6.45) is 3.30. The number of carbonyl (C=O) groups excluding carboxylic acids is 1. The summed E-state index contributed by atoms with van der Waals surface area (Å²) in [6.45, 7) is 0.324. The normalized spacial score (nSPS) is 10.2. The summed E-state index contributed by atoms with van der Waals surface area (Å²) in [5.41, 5.74) is 0. The molecule has 0 aliphatic carbocycles. The lowest BCUT2D eigenvalue weighted by molar-refractivity contribution is 0.0922. The Morgan fingerprint density at radius 3 is 3.07 bits per heavy atom. The number of amides is 1. The highest BCUT2D eigenvalue weighted by Gasteiger charge is 2.09. The molecule has 6 heteroatoms. The lowest BCUT2D eigenvalue weighted by Crippen LogP contribution is -2.22. The van der Waals surface area contributed by atoms with Gasteiger partial charge in [0.1, 0.15) is 5.82 Å². The fraction of sp³-hybridized carbons (Fsp3) is 0.111. The average molecular weight is 226 g/mol. The van der Waals surface area contributed by atoms with Crippen LogP contribution in [-0.4, -0.2) is 15.9 Å². The first kappa shape index (κ1) is 9.79. The molecular formula is C9H8ClN3O2. The van der Waals surface area contributed by atoms with Crippen LogP contribution in [-0.2, 0) is 6.54 Å². The van der Waals surface area contributed by atoms with Gasteiger partial charge in [0.2, 0.25) is 0 Å². The number of aromatic nitrogens is 2. The number of nitrogens with one attached hydrogen (secondary N) is 2. The van der Waals surface area contributed by atoms with E-state index < -0.39 is 0 Å². The number of halogens is 1. The fourth-order valence-electron chi connectivity index (χ4n) is 1.08. The predicted molar refractivity (Wildman–Crippen MR) is 53.5 cm³/mol. The van der Waals surface area contributed by atoms with E-state index in [1.165, 1.54) is 12.1 Å². The summed E-state index contributed by atoms with van der Waals surface area (Å²) >= 11 is 5.54. The van der Waals surface area contributed by atoms with Crippen LogP contribution >= 0.6 is 11.6 Å². The van der Waals surface area contributed by atoms with E-state index in [2.05, 4.69) is 15.3 Å². The van der Waals surface area contributed by atoms with Gasteiger partial charge in [-0.25, -0.2) is 4.98 Å². The molecule has 0 spiro atoms. The molecule has 0 saturated heterocycles. The second kappa shape index (κ2) is 4.18. The molecule has 2 aromatic rings. The molecule has 0 aromatic carbocycles. The first-order chi connectivity index (χ1) is 7.25. The third-order valence-corrected chi connectivity index (χ3v) is 1.97. The monoisotopic (exact) mass is 225 g/mol. The molecule has 0 bridgehead atoms. The van der Waals surface area contributed by atoms with Gasteiger partial charge in [-0.3, -0.25) is 4.79 Å². The van der Waals surface area contributed by atoms with E-state index >= 15 is 0 Å². The van der Waals surface area contributed by atoms with Gasteiger partial charge in [-0.2, -0.15) is 0 Å². The van der Waals surface area contributed by atoms with Crippen molar-refractivity contribution in [1.82, 2.24) is 15.3 Å². The number of H-pyrrole nitrogens is 1. The van der Waals surface area contributed by atoms with Crippen molar-refractivity contribution >= 4 is 17.5 Å². The van der Waals surface area contributed by atoms with Crippen molar-refractivity contribution in [1.29, 1.82) is 0 Å².